The van der Waals surface area contributed by atoms with Crippen LogP contribution in [0, 0.1) is 0 Å². The number of fused-ring (bicyclic) bond motifs is 1. The van der Waals surface area contributed by atoms with Crippen LogP contribution in [0.4, 0.5) is 11.5 Å². The summed E-state index contributed by atoms with van der Waals surface area (Å²) < 4.78 is 11.7. The van der Waals surface area contributed by atoms with Gasteiger partial charge >= 0.3 is 5.97 Å². The van der Waals surface area contributed by atoms with Crippen LogP contribution in [-0.2, 0) is 11.3 Å². The van der Waals surface area contributed by atoms with Gasteiger partial charge in [-0.25, -0.2) is 14.3 Å². The van der Waals surface area contributed by atoms with Crippen LogP contribution < -0.4 is 15.0 Å². The Morgan fingerprint density at radius 2 is 1.88 bits per heavy atom. The highest BCUT2D eigenvalue weighted by Gasteiger charge is 2.16. The van der Waals surface area contributed by atoms with Crippen molar-refractivity contribution < 1.29 is 19.1 Å². The first kappa shape index (κ1) is 22.8. The molecule has 0 radical (unpaired) electrons. The highest BCUT2D eigenvalue weighted by atomic mass is 16.5. The molecule has 0 aliphatic heterocycles. The summed E-state index contributed by atoms with van der Waals surface area (Å²) in [5, 5.41) is 7.42. The lowest BCUT2D eigenvalue weighted by Gasteiger charge is -2.18. The van der Waals surface area contributed by atoms with E-state index in [-0.39, 0.29) is 12.3 Å². The maximum absolute atomic E-state index is 13.0. The minimum absolute atomic E-state index is 0.274. The summed E-state index contributed by atoms with van der Waals surface area (Å²) in [6.45, 7) is 2.64. The molecule has 0 unspecified atom stereocenters. The highest BCUT2D eigenvalue weighted by Crippen LogP contribution is 2.18. The molecule has 0 aliphatic rings. The molecule has 34 heavy (non-hydrogen) atoms. The molecule has 2 aromatic heterocycles. The fraction of sp³-hybridized carbons (Fsp3) is 0.200. The van der Waals surface area contributed by atoms with Gasteiger partial charge in [-0.1, -0.05) is 18.2 Å². The average Bonchev–Trinajstić information content (AvgIpc) is 3.28. The van der Waals surface area contributed by atoms with Crippen molar-refractivity contribution in [3.63, 3.8) is 0 Å². The molecule has 9 nitrogen and oxygen atoms in total. The van der Waals surface area contributed by atoms with Gasteiger partial charge in [0.05, 0.1) is 25.5 Å². The number of anilines is 2. The van der Waals surface area contributed by atoms with Crippen molar-refractivity contribution in [1.29, 1.82) is 0 Å². The summed E-state index contributed by atoms with van der Waals surface area (Å²) in [5.74, 6) is 0.642. The Bertz CT molecular complexity index is 1320. The van der Waals surface area contributed by atoms with Crippen LogP contribution in [0.2, 0.25) is 0 Å². The Morgan fingerprint density at radius 1 is 1.09 bits per heavy atom. The molecule has 0 aliphatic carbocycles. The van der Waals surface area contributed by atoms with Gasteiger partial charge in [-0.15, -0.1) is 5.10 Å². The van der Waals surface area contributed by atoms with Gasteiger partial charge in [0.1, 0.15) is 11.6 Å². The summed E-state index contributed by atoms with van der Waals surface area (Å²) in [6, 6.07) is 18.1. The number of rotatable bonds is 8. The molecule has 1 N–H and O–H groups in total. The summed E-state index contributed by atoms with van der Waals surface area (Å²) in [4.78, 5) is 31.2. The van der Waals surface area contributed by atoms with E-state index in [1.165, 1.54) is 10.7 Å². The van der Waals surface area contributed by atoms with Crippen molar-refractivity contribution >= 4 is 29.0 Å². The van der Waals surface area contributed by atoms with E-state index >= 15 is 0 Å². The predicted molar refractivity (Wildman–Crippen MR) is 128 cm³/mol. The second kappa shape index (κ2) is 10.0. The summed E-state index contributed by atoms with van der Waals surface area (Å²) >= 11 is 0. The zero-order valence-electron chi connectivity index (χ0n) is 19.2. The van der Waals surface area contributed by atoms with E-state index in [1.807, 2.05) is 48.3 Å². The molecule has 0 atom stereocenters. The van der Waals surface area contributed by atoms with Crippen LogP contribution >= 0.6 is 0 Å². The van der Waals surface area contributed by atoms with Gasteiger partial charge in [0.25, 0.3) is 5.91 Å². The number of nitrogens with one attached hydrogen (secondary N) is 1. The van der Waals surface area contributed by atoms with Crippen LogP contribution in [0.25, 0.3) is 5.65 Å². The molecule has 4 aromatic rings. The summed E-state index contributed by atoms with van der Waals surface area (Å²) in [6.07, 6.45) is 1.47. The van der Waals surface area contributed by atoms with Gasteiger partial charge in [-0.05, 0) is 55.0 Å². The van der Waals surface area contributed by atoms with E-state index in [2.05, 4.69) is 15.4 Å². The van der Waals surface area contributed by atoms with Crippen LogP contribution in [0.15, 0.2) is 66.9 Å². The second-order valence-electron chi connectivity index (χ2n) is 7.56. The standard InChI is InChI=1S/C25H25N5O4/c1-4-34-25(32)18-6-5-7-19(14-18)27-24(31)21-15-26-22-12-13-23(28-30(21)22)29(2)16-17-8-10-20(33-3)11-9-17/h5-15H,4,16H2,1-3H3,(H,27,31). The molecule has 0 saturated carbocycles. The number of methoxy groups -OCH3 is 1. The molecule has 9 heteroatoms. The molecular formula is C25H25N5O4. The Hall–Kier alpha value is -4.40. The first-order chi connectivity index (χ1) is 16.5. The quantitative estimate of drug-likeness (QED) is 0.400. The molecule has 1 amide bonds. The third-order valence-corrected chi connectivity index (χ3v) is 5.18. The molecule has 0 saturated heterocycles. The smallest absolute Gasteiger partial charge is 0.338 e. The van der Waals surface area contributed by atoms with E-state index < -0.39 is 11.9 Å². The molecule has 174 valence electrons. The number of nitrogens with zero attached hydrogens (tertiary/aromatic N) is 4. The second-order valence-corrected chi connectivity index (χ2v) is 7.56. The molecule has 2 aromatic carbocycles. The average molecular weight is 460 g/mol. The van der Waals surface area contributed by atoms with Crippen LogP contribution in [-0.4, -0.2) is 47.2 Å². The number of imidazole rings is 1. The number of ether oxygens (including phenoxy) is 2. The van der Waals surface area contributed by atoms with Crippen molar-refractivity contribution in [3.8, 4) is 5.75 Å². The van der Waals surface area contributed by atoms with Crippen molar-refractivity contribution in [1.82, 2.24) is 14.6 Å². The van der Waals surface area contributed by atoms with Crippen molar-refractivity contribution in [2.45, 2.75) is 13.5 Å². The zero-order chi connectivity index (χ0) is 24.1. The van der Waals surface area contributed by atoms with Gasteiger partial charge in [-0.2, -0.15) is 0 Å². The van der Waals surface area contributed by atoms with Crippen molar-refractivity contribution in [3.05, 3.63) is 83.7 Å². The van der Waals surface area contributed by atoms with Crippen molar-refractivity contribution in [2.24, 2.45) is 0 Å². The molecule has 0 bridgehead atoms. The van der Waals surface area contributed by atoms with Crippen molar-refractivity contribution in [2.75, 3.05) is 31.0 Å². The lowest BCUT2D eigenvalue weighted by atomic mass is 10.2. The number of hydrogen-bond donors (Lipinski definition) is 1. The third kappa shape index (κ3) is 4.98. The zero-order valence-corrected chi connectivity index (χ0v) is 19.2. The normalized spacial score (nSPS) is 10.7. The lowest BCUT2D eigenvalue weighted by Crippen LogP contribution is -2.20. The number of amides is 1. The Kier molecular flexibility index (Phi) is 6.72. The highest BCUT2D eigenvalue weighted by molar-refractivity contribution is 6.04. The third-order valence-electron chi connectivity index (χ3n) is 5.18. The van der Waals surface area contributed by atoms with Crippen LogP contribution in [0.1, 0.15) is 33.3 Å². The van der Waals surface area contributed by atoms with E-state index in [9.17, 15) is 9.59 Å². The number of aromatic nitrogens is 3. The molecule has 2 heterocycles. The van der Waals surface area contributed by atoms with Gasteiger partial charge in [0.15, 0.2) is 11.3 Å². The largest absolute Gasteiger partial charge is 0.497 e. The predicted octanol–water partition coefficient (Wildman–Crippen LogP) is 3.80. The minimum Gasteiger partial charge on any atom is -0.497 e. The van der Waals surface area contributed by atoms with E-state index in [0.717, 1.165) is 11.3 Å². The van der Waals surface area contributed by atoms with E-state index in [4.69, 9.17) is 9.47 Å². The fourth-order valence-corrected chi connectivity index (χ4v) is 3.44. The Morgan fingerprint density at radius 3 is 2.62 bits per heavy atom. The number of esters is 1. The minimum atomic E-state index is -0.445. The number of hydrogen-bond acceptors (Lipinski definition) is 7. The fourth-order valence-electron chi connectivity index (χ4n) is 3.44. The van der Waals surface area contributed by atoms with E-state index in [1.54, 1.807) is 38.3 Å². The molecule has 0 spiro atoms. The van der Waals surface area contributed by atoms with Gasteiger partial charge in [-0.3, -0.25) is 4.79 Å². The van der Waals surface area contributed by atoms with E-state index in [0.29, 0.717) is 29.3 Å². The van der Waals surface area contributed by atoms with Crippen LogP contribution in [0.3, 0.4) is 0 Å². The first-order valence-corrected chi connectivity index (χ1v) is 10.8. The number of carbonyl (C=O) groups is 2. The maximum atomic E-state index is 13.0. The summed E-state index contributed by atoms with van der Waals surface area (Å²) in [7, 11) is 3.56. The Balaban J connectivity index is 1.53. The van der Waals surface area contributed by atoms with Gasteiger partial charge in [0.2, 0.25) is 0 Å². The SMILES string of the molecule is CCOC(=O)c1cccc(NC(=O)c2cnc3ccc(N(C)Cc4ccc(OC)cc4)nn23)c1. The maximum Gasteiger partial charge on any atom is 0.338 e. The lowest BCUT2D eigenvalue weighted by molar-refractivity contribution is 0.0526. The van der Waals surface area contributed by atoms with Gasteiger partial charge in [0, 0.05) is 19.3 Å². The Labute approximate surface area is 196 Å². The number of carbonyl (C=O) groups excluding carboxylic acids is 2. The monoisotopic (exact) mass is 459 g/mol. The number of benzene rings is 2. The molecular weight excluding hydrogens is 434 g/mol. The topological polar surface area (TPSA) is 98.1 Å². The van der Waals surface area contributed by atoms with Gasteiger partial charge < -0.3 is 19.7 Å². The summed E-state index contributed by atoms with van der Waals surface area (Å²) in [5.41, 5.74) is 2.75. The molecule has 4 rings (SSSR count). The molecule has 0 fully saturated rings. The first-order valence-electron chi connectivity index (χ1n) is 10.8. The van der Waals surface area contributed by atoms with Crippen LogP contribution in [0.5, 0.6) is 5.75 Å².